The van der Waals surface area contributed by atoms with Gasteiger partial charge in [-0.1, -0.05) is 13.0 Å². The van der Waals surface area contributed by atoms with Gasteiger partial charge in [0.25, 0.3) is 0 Å². The molecular weight excluding hydrogens is 316 g/mol. The maximum Gasteiger partial charge on any atom is 0.236 e. The van der Waals surface area contributed by atoms with Gasteiger partial charge in [0.15, 0.2) is 11.5 Å². The summed E-state index contributed by atoms with van der Waals surface area (Å²) in [6.45, 7) is 6.83. The van der Waals surface area contributed by atoms with Gasteiger partial charge < -0.3 is 14.4 Å². The number of carbonyl (C=O) groups excluding carboxylic acids is 1. The Hall–Kier alpha value is -1.75. The van der Waals surface area contributed by atoms with Crippen molar-refractivity contribution in [1.82, 2.24) is 9.80 Å². The second kappa shape index (κ2) is 7.24. The van der Waals surface area contributed by atoms with E-state index in [9.17, 15) is 4.79 Å². The first-order valence-corrected chi connectivity index (χ1v) is 9.62. The number of hydrogen-bond acceptors (Lipinski definition) is 4. The number of carbonyl (C=O) groups is 1. The van der Waals surface area contributed by atoms with Crippen LogP contribution < -0.4 is 9.47 Å². The average molecular weight is 344 g/mol. The van der Waals surface area contributed by atoms with Gasteiger partial charge in [-0.2, -0.15) is 0 Å². The number of hydrogen-bond donors (Lipinski definition) is 0. The molecule has 0 aliphatic carbocycles. The lowest BCUT2D eigenvalue weighted by atomic mass is 10.00. The van der Waals surface area contributed by atoms with Crippen LogP contribution in [-0.2, 0) is 4.79 Å². The largest absolute Gasteiger partial charge is 0.486 e. The van der Waals surface area contributed by atoms with E-state index in [1.54, 1.807) is 0 Å². The van der Waals surface area contributed by atoms with Crippen molar-refractivity contribution >= 4 is 5.91 Å². The third-order valence-electron chi connectivity index (χ3n) is 5.66. The fourth-order valence-electron chi connectivity index (χ4n) is 4.35. The van der Waals surface area contributed by atoms with Crippen molar-refractivity contribution in [3.8, 4) is 11.5 Å². The van der Waals surface area contributed by atoms with E-state index in [2.05, 4.69) is 28.9 Å². The number of rotatable bonds is 3. The number of amides is 1. The van der Waals surface area contributed by atoms with Crippen LogP contribution in [0.5, 0.6) is 11.5 Å². The number of likely N-dealkylation sites (tertiary alicyclic amines) is 2. The van der Waals surface area contributed by atoms with Crippen LogP contribution in [0.3, 0.4) is 0 Å². The van der Waals surface area contributed by atoms with Gasteiger partial charge in [-0.25, -0.2) is 0 Å². The first-order chi connectivity index (χ1) is 12.2. The van der Waals surface area contributed by atoms with Crippen molar-refractivity contribution in [1.29, 1.82) is 0 Å². The maximum absolute atomic E-state index is 12.7. The van der Waals surface area contributed by atoms with Crippen LogP contribution in [0.1, 0.15) is 44.2 Å². The molecule has 1 aromatic rings. The van der Waals surface area contributed by atoms with E-state index in [0.29, 0.717) is 31.7 Å². The summed E-state index contributed by atoms with van der Waals surface area (Å²) >= 11 is 0. The Balaban J connectivity index is 1.44. The number of ether oxygens (including phenoxy) is 2. The highest BCUT2D eigenvalue weighted by molar-refractivity contribution is 5.78. The lowest BCUT2D eigenvalue weighted by molar-refractivity contribution is -0.134. The molecule has 1 aromatic carbocycles. The molecule has 3 aliphatic rings. The molecule has 5 nitrogen and oxygen atoms in total. The molecule has 1 amide bonds. The molecule has 0 spiro atoms. The van der Waals surface area contributed by atoms with Crippen LogP contribution in [0.4, 0.5) is 0 Å². The van der Waals surface area contributed by atoms with Crippen molar-refractivity contribution in [2.24, 2.45) is 5.92 Å². The standard InChI is InChI=1S/C20H28N2O3/c1-15-4-2-9-22(13-15)20(23)14-21-8-3-5-17(21)16-6-7-18-19(12-16)25-11-10-24-18/h6-7,12,15,17H,2-5,8-11,13-14H2,1H3/t15-,17-/m1/s1. The van der Waals surface area contributed by atoms with Crippen LogP contribution in [-0.4, -0.2) is 55.1 Å². The van der Waals surface area contributed by atoms with Gasteiger partial charge in [0.1, 0.15) is 13.2 Å². The minimum absolute atomic E-state index is 0.288. The Kier molecular flexibility index (Phi) is 4.84. The van der Waals surface area contributed by atoms with Crippen molar-refractivity contribution in [3.63, 3.8) is 0 Å². The monoisotopic (exact) mass is 344 g/mol. The second-order valence-corrected chi connectivity index (χ2v) is 7.62. The zero-order valence-electron chi connectivity index (χ0n) is 15.1. The molecule has 5 heteroatoms. The number of piperidine rings is 1. The molecule has 136 valence electrons. The van der Waals surface area contributed by atoms with Crippen molar-refractivity contribution < 1.29 is 14.3 Å². The van der Waals surface area contributed by atoms with Crippen LogP contribution in [0.15, 0.2) is 18.2 Å². The van der Waals surface area contributed by atoms with Crippen LogP contribution in [0.25, 0.3) is 0 Å². The third kappa shape index (κ3) is 3.61. The lowest BCUT2D eigenvalue weighted by Gasteiger charge is -2.33. The molecule has 4 rings (SSSR count). The Labute approximate surface area is 149 Å². The number of nitrogens with zero attached hydrogens (tertiary/aromatic N) is 2. The predicted octanol–water partition coefficient (Wildman–Crippen LogP) is 2.85. The van der Waals surface area contributed by atoms with E-state index < -0.39 is 0 Å². The molecule has 0 radical (unpaired) electrons. The molecule has 25 heavy (non-hydrogen) atoms. The minimum Gasteiger partial charge on any atom is -0.486 e. The molecule has 0 aromatic heterocycles. The molecule has 0 unspecified atom stereocenters. The Morgan fingerprint density at radius 2 is 1.92 bits per heavy atom. The van der Waals surface area contributed by atoms with Crippen LogP contribution in [0.2, 0.25) is 0 Å². The highest BCUT2D eigenvalue weighted by Crippen LogP contribution is 2.38. The Morgan fingerprint density at radius 3 is 2.76 bits per heavy atom. The summed E-state index contributed by atoms with van der Waals surface area (Å²) < 4.78 is 11.4. The summed E-state index contributed by atoms with van der Waals surface area (Å²) in [5.41, 5.74) is 1.24. The maximum atomic E-state index is 12.7. The number of fused-ring (bicyclic) bond motifs is 1. The molecule has 2 atom stereocenters. The minimum atomic E-state index is 0.288. The normalized spacial score (nSPS) is 26.7. The van der Waals surface area contributed by atoms with E-state index >= 15 is 0 Å². The summed E-state index contributed by atoms with van der Waals surface area (Å²) in [6, 6.07) is 6.55. The van der Waals surface area contributed by atoms with Gasteiger partial charge in [0.05, 0.1) is 6.54 Å². The van der Waals surface area contributed by atoms with Gasteiger partial charge >= 0.3 is 0 Å². The summed E-state index contributed by atoms with van der Waals surface area (Å²) in [5.74, 6) is 2.59. The zero-order chi connectivity index (χ0) is 17.2. The summed E-state index contributed by atoms with van der Waals surface area (Å²) in [4.78, 5) is 17.2. The highest BCUT2D eigenvalue weighted by Gasteiger charge is 2.31. The predicted molar refractivity (Wildman–Crippen MR) is 96.0 cm³/mol. The molecule has 3 heterocycles. The molecular formula is C20H28N2O3. The van der Waals surface area contributed by atoms with E-state index in [-0.39, 0.29) is 5.91 Å². The first-order valence-electron chi connectivity index (χ1n) is 9.62. The van der Waals surface area contributed by atoms with Gasteiger partial charge in [-0.15, -0.1) is 0 Å². The van der Waals surface area contributed by atoms with Crippen molar-refractivity contribution in [2.45, 2.75) is 38.6 Å². The topological polar surface area (TPSA) is 42.0 Å². The van der Waals surface area contributed by atoms with Gasteiger partial charge in [-0.3, -0.25) is 9.69 Å². The van der Waals surface area contributed by atoms with Crippen molar-refractivity contribution in [2.75, 3.05) is 39.4 Å². The van der Waals surface area contributed by atoms with Crippen molar-refractivity contribution in [3.05, 3.63) is 23.8 Å². The first kappa shape index (κ1) is 16.7. The highest BCUT2D eigenvalue weighted by atomic mass is 16.6. The van der Waals surface area contributed by atoms with Gasteiger partial charge in [0, 0.05) is 19.1 Å². The Morgan fingerprint density at radius 1 is 1.12 bits per heavy atom. The SMILES string of the molecule is C[C@@H]1CCCN(C(=O)CN2CCC[C@@H]2c2ccc3c(c2)OCCO3)C1. The van der Waals surface area contributed by atoms with Crippen LogP contribution in [0, 0.1) is 5.92 Å². The molecule has 2 fully saturated rings. The second-order valence-electron chi connectivity index (χ2n) is 7.62. The molecule has 3 aliphatic heterocycles. The quantitative estimate of drug-likeness (QED) is 0.846. The summed E-state index contributed by atoms with van der Waals surface area (Å²) in [7, 11) is 0. The van der Waals surface area contributed by atoms with E-state index in [1.165, 1.54) is 12.0 Å². The summed E-state index contributed by atoms with van der Waals surface area (Å²) in [5, 5.41) is 0. The fourth-order valence-corrected chi connectivity index (χ4v) is 4.35. The number of benzene rings is 1. The van der Waals surface area contributed by atoms with Gasteiger partial charge in [0.2, 0.25) is 5.91 Å². The Bertz CT molecular complexity index is 633. The lowest BCUT2D eigenvalue weighted by Crippen LogP contribution is -2.44. The molecule has 0 bridgehead atoms. The summed E-state index contributed by atoms with van der Waals surface area (Å²) in [6.07, 6.45) is 4.62. The van der Waals surface area contributed by atoms with Crippen LogP contribution >= 0.6 is 0 Å². The smallest absolute Gasteiger partial charge is 0.236 e. The molecule has 0 saturated carbocycles. The van der Waals surface area contributed by atoms with E-state index in [1.807, 2.05) is 6.07 Å². The third-order valence-corrected chi connectivity index (χ3v) is 5.66. The van der Waals surface area contributed by atoms with Gasteiger partial charge in [-0.05, 0) is 55.8 Å². The molecule has 2 saturated heterocycles. The van der Waals surface area contributed by atoms with E-state index in [4.69, 9.17) is 9.47 Å². The molecule has 0 N–H and O–H groups in total. The fraction of sp³-hybridized carbons (Fsp3) is 0.650. The average Bonchev–Trinajstić information content (AvgIpc) is 3.09. The van der Waals surface area contributed by atoms with E-state index in [0.717, 1.165) is 50.4 Å². The zero-order valence-corrected chi connectivity index (χ0v) is 15.1.